The molecule has 7 heteroatoms. The SMILES string of the molecule is C[Si](C)(C)C#CC[C@@]1(O)CC2=C([Si](C)(C)C)C(=O)OC2=C(c2ccc([Si](C)(C)C)o2)C1. The minimum Gasteiger partial charge on any atom is -0.466 e. The molecular formula is C24H36O4Si3. The average molecular weight is 473 g/mol. The molecular weight excluding hydrogens is 437 g/mol. The van der Waals surface area contributed by atoms with Gasteiger partial charge in [0.15, 0.2) is 0 Å². The summed E-state index contributed by atoms with van der Waals surface area (Å²) in [5.74, 6) is 4.32. The topological polar surface area (TPSA) is 59.7 Å². The molecule has 2 heterocycles. The number of furan rings is 1. The van der Waals surface area contributed by atoms with Crippen LogP contribution < -0.4 is 5.38 Å². The Balaban J connectivity index is 2.14. The first-order valence-electron chi connectivity index (χ1n) is 11.0. The van der Waals surface area contributed by atoms with E-state index in [4.69, 9.17) is 9.15 Å². The Morgan fingerprint density at radius 1 is 0.968 bits per heavy atom. The number of ether oxygens (including phenoxy) is 1. The van der Waals surface area contributed by atoms with E-state index in [0.29, 0.717) is 30.8 Å². The lowest BCUT2D eigenvalue weighted by Gasteiger charge is -2.33. The Bertz CT molecular complexity index is 1030. The molecule has 0 bridgehead atoms. The van der Waals surface area contributed by atoms with Gasteiger partial charge in [0.25, 0.3) is 0 Å². The van der Waals surface area contributed by atoms with Crippen molar-refractivity contribution >= 4 is 41.1 Å². The molecule has 1 atom stereocenters. The third-order valence-corrected chi connectivity index (χ3v) is 10.2. The zero-order chi connectivity index (χ0) is 23.4. The summed E-state index contributed by atoms with van der Waals surface area (Å²) in [4.78, 5) is 12.9. The van der Waals surface area contributed by atoms with Gasteiger partial charge in [-0.3, -0.25) is 0 Å². The quantitative estimate of drug-likeness (QED) is 0.378. The highest BCUT2D eigenvalue weighted by atomic mass is 28.3. The molecule has 1 aromatic rings. The predicted molar refractivity (Wildman–Crippen MR) is 135 cm³/mol. The Kier molecular flexibility index (Phi) is 6.02. The van der Waals surface area contributed by atoms with E-state index in [2.05, 4.69) is 70.4 Å². The summed E-state index contributed by atoms with van der Waals surface area (Å²) in [7, 11) is -5.13. The molecule has 0 amide bonds. The largest absolute Gasteiger partial charge is 0.466 e. The molecule has 4 nitrogen and oxygen atoms in total. The molecule has 1 N–H and O–H groups in total. The number of carbonyl (C=O) groups excluding carboxylic acids is 1. The molecule has 168 valence electrons. The second kappa shape index (κ2) is 7.77. The van der Waals surface area contributed by atoms with Gasteiger partial charge in [0.05, 0.1) is 19.1 Å². The lowest BCUT2D eigenvalue weighted by molar-refractivity contribution is -0.132. The molecule has 0 radical (unpaired) electrons. The normalized spacial score (nSPS) is 22.3. The maximum Gasteiger partial charge on any atom is 0.335 e. The minimum atomic E-state index is -1.97. The zero-order valence-electron chi connectivity index (χ0n) is 20.4. The van der Waals surface area contributed by atoms with Gasteiger partial charge in [0.1, 0.15) is 27.7 Å². The highest BCUT2D eigenvalue weighted by Crippen LogP contribution is 2.48. The number of hydrogen-bond acceptors (Lipinski definition) is 4. The lowest BCUT2D eigenvalue weighted by Crippen LogP contribution is -2.36. The van der Waals surface area contributed by atoms with Crippen molar-refractivity contribution in [3.63, 3.8) is 0 Å². The summed E-state index contributed by atoms with van der Waals surface area (Å²) in [5.41, 5.74) is 4.00. The zero-order valence-corrected chi connectivity index (χ0v) is 23.4. The molecule has 1 aliphatic heterocycles. The van der Waals surface area contributed by atoms with Crippen LogP contribution in [0.5, 0.6) is 0 Å². The van der Waals surface area contributed by atoms with Gasteiger partial charge in [-0.15, -0.1) is 11.5 Å². The van der Waals surface area contributed by atoms with Crippen molar-refractivity contribution in [2.75, 3.05) is 0 Å². The summed E-state index contributed by atoms with van der Waals surface area (Å²) in [6.07, 6.45) is 1.16. The number of fused-ring (bicyclic) bond motifs is 1. The van der Waals surface area contributed by atoms with Crippen LogP contribution >= 0.6 is 0 Å². The van der Waals surface area contributed by atoms with Gasteiger partial charge < -0.3 is 14.3 Å². The van der Waals surface area contributed by atoms with Crippen molar-refractivity contribution in [2.24, 2.45) is 0 Å². The first kappa shape index (κ1) is 24.1. The molecule has 31 heavy (non-hydrogen) atoms. The molecule has 1 aromatic heterocycles. The van der Waals surface area contributed by atoms with Gasteiger partial charge in [-0.25, -0.2) is 4.79 Å². The van der Waals surface area contributed by atoms with Crippen molar-refractivity contribution < 1.29 is 19.1 Å². The number of rotatable bonds is 4. The molecule has 0 saturated heterocycles. The maximum atomic E-state index is 12.9. The van der Waals surface area contributed by atoms with Gasteiger partial charge in [-0.1, -0.05) is 58.9 Å². The van der Waals surface area contributed by atoms with E-state index in [1.54, 1.807) is 0 Å². The number of allylic oxidation sites excluding steroid dienone is 1. The molecule has 0 saturated carbocycles. The van der Waals surface area contributed by atoms with Crippen LogP contribution in [0.1, 0.15) is 25.0 Å². The average Bonchev–Trinajstić information content (AvgIpc) is 3.15. The molecule has 0 unspecified atom stereocenters. The fourth-order valence-electron chi connectivity index (χ4n) is 4.12. The van der Waals surface area contributed by atoms with E-state index < -0.39 is 29.8 Å². The van der Waals surface area contributed by atoms with Gasteiger partial charge in [0, 0.05) is 35.6 Å². The Morgan fingerprint density at radius 2 is 1.58 bits per heavy atom. The third-order valence-electron chi connectivity index (χ3n) is 5.53. The summed E-state index contributed by atoms with van der Waals surface area (Å²) in [6, 6.07) is 4.00. The molecule has 0 fully saturated rings. The van der Waals surface area contributed by atoms with Gasteiger partial charge in [0.2, 0.25) is 0 Å². The molecule has 0 aromatic carbocycles. The summed E-state index contributed by atoms with van der Waals surface area (Å²) >= 11 is 0. The fraction of sp³-hybridized carbons (Fsp3) is 0.542. The third kappa shape index (κ3) is 5.25. The molecule has 0 spiro atoms. The van der Waals surface area contributed by atoms with Crippen LogP contribution in [-0.4, -0.2) is 40.9 Å². The second-order valence-corrected chi connectivity index (χ2v) is 26.8. The standard InChI is InChI=1S/C24H36O4Si3/c1-29(2,3)14-10-13-24(26)15-17(19-11-12-20(27-19)30(4,5)6)21-18(16-24)22(23(25)28-21)31(7,8)9/h11-12,26H,13,15-16H2,1-9H3/t24-/m0/s1. The van der Waals surface area contributed by atoms with Crippen molar-refractivity contribution in [1.82, 2.24) is 0 Å². The Morgan fingerprint density at radius 3 is 2.10 bits per heavy atom. The lowest BCUT2D eigenvalue weighted by atomic mass is 9.78. The van der Waals surface area contributed by atoms with E-state index in [0.717, 1.165) is 21.7 Å². The van der Waals surface area contributed by atoms with Crippen molar-refractivity contribution in [2.45, 2.75) is 83.8 Å². The van der Waals surface area contributed by atoms with E-state index in [1.807, 2.05) is 12.1 Å². The number of esters is 1. The van der Waals surface area contributed by atoms with Crippen LogP contribution in [0.2, 0.25) is 58.9 Å². The van der Waals surface area contributed by atoms with Crippen LogP contribution in [0.4, 0.5) is 0 Å². The van der Waals surface area contributed by atoms with Crippen LogP contribution in [-0.2, 0) is 9.53 Å². The second-order valence-electron chi connectivity index (χ2n) is 12.0. The van der Waals surface area contributed by atoms with E-state index in [-0.39, 0.29) is 5.97 Å². The molecule has 3 rings (SSSR count). The van der Waals surface area contributed by atoms with Crippen LogP contribution in [0, 0.1) is 11.5 Å². The van der Waals surface area contributed by atoms with Gasteiger partial charge in [-0.05, 0) is 12.1 Å². The molecule has 2 aliphatic rings. The minimum absolute atomic E-state index is 0.254. The molecule has 1 aliphatic carbocycles. The summed E-state index contributed by atoms with van der Waals surface area (Å²) in [5, 5.41) is 13.4. The van der Waals surface area contributed by atoms with Gasteiger partial charge in [-0.2, -0.15) is 0 Å². The van der Waals surface area contributed by atoms with Crippen LogP contribution in [0.15, 0.2) is 33.1 Å². The number of hydrogen-bond donors (Lipinski definition) is 1. The van der Waals surface area contributed by atoms with Crippen LogP contribution in [0.25, 0.3) is 5.57 Å². The first-order chi connectivity index (χ1) is 14.0. The van der Waals surface area contributed by atoms with E-state index in [9.17, 15) is 9.90 Å². The van der Waals surface area contributed by atoms with Crippen molar-refractivity contribution in [3.05, 3.63) is 34.4 Å². The predicted octanol–water partition coefficient (Wildman–Crippen LogP) is 5.06. The van der Waals surface area contributed by atoms with Crippen molar-refractivity contribution in [3.8, 4) is 11.5 Å². The summed E-state index contributed by atoms with van der Waals surface area (Å²) < 4.78 is 12.1. The monoisotopic (exact) mass is 472 g/mol. The van der Waals surface area contributed by atoms with Crippen molar-refractivity contribution in [1.29, 1.82) is 0 Å². The van der Waals surface area contributed by atoms with Gasteiger partial charge >= 0.3 is 5.97 Å². The maximum absolute atomic E-state index is 12.9. The smallest absolute Gasteiger partial charge is 0.335 e. The Labute approximate surface area is 189 Å². The Hall–Kier alpha value is -1.60. The van der Waals surface area contributed by atoms with E-state index >= 15 is 0 Å². The fourth-order valence-corrected chi connectivity index (χ4v) is 7.50. The first-order valence-corrected chi connectivity index (χ1v) is 21.5. The summed E-state index contributed by atoms with van der Waals surface area (Å²) in [6.45, 7) is 19.7. The highest BCUT2D eigenvalue weighted by Gasteiger charge is 2.47. The number of aliphatic hydroxyl groups is 1. The highest BCUT2D eigenvalue weighted by molar-refractivity contribution is 6.88. The number of carbonyl (C=O) groups is 1. The van der Waals surface area contributed by atoms with Crippen LogP contribution in [0.3, 0.4) is 0 Å². The van der Waals surface area contributed by atoms with E-state index in [1.165, 1.54) is 0 Å².